The van der Waals surface area contributed by atoms with Crippen LogP contribution in [0.25, 0.3) is 0 Å². The molecule has 1 heterocycles. The van der Waals surface area contributed by atoms with Gasteiger partial charge in [-0.15, -0.1) is 0 Å². The van der Waals surface area contributed by atoms with E-state index >= 15 is 0 Å². The van der Waals surface area contributed by atoms with Gasteiger partial charge in [0, 0.05) is 25.2 Å². The molecule has 2 N–H and O–H groups in total. The lowest BCUT2D eigenvalue weighted by Gasteiger charge is -2.41. The highest BCUT2D eigenvalue weighted by Crippen LogP contribution is 2.24. The van der Waals surface area contributed by atoms with Crippen molar-refractivity contribution in [2.24, 2.45) is 0 Å². The maximum atomic E-state index is 12.4. The van der Waals surface area contributed by atoms with Crippen molar-refractivity contribution >= 4 is 6.09 Å². The van der Waals surface area contributed by atoms with Gasteiger partial charge in [-0.25, -0.2) is 4.79 Å². The maximum Gasteiger partial charge on any atom is 0.410 e. The highest BCUT2D eigenvalue weighted by molar-refractivity contribution is 5.68. The van der Waals surface area contributed by atoms with Crippen LogP contribution in [0.1, 0.15) is 60.3 Å². The predicted octanol–water partition coefficient (Wildman–Crippen LogP) is 2.53. The molecule has 1 amide bonds. The standard InChI is InChI=1S/C16H32N2O3/c1-12(2)17-13(9-11-19)14-8-6-7-10-18(14)15(20)21-16(3,4)5/h12-14,17,19H,6-11H2,1-5H3/t13-,14+/m1/s1. The van der Waals surface area contributed by atoms with E-state index in [1.54, 1.807) is 0 Å². The van der Waals surface area contributed by atoms with Crippen LogP contribution in [0.15, 0.2) is 0 Å². The summed E-state index contributed by atoms with van der Waals surface area (Å²) in [6, 6.07) is 0.537. The number of aliphatic hydroxyl groups excluding tert-OH is 1. The molecule has 0 unspecified atom stereocenters. The second-order valence-corrected chi connectivity index (χ2v) is 7.18. The Kier molecular flexibility index (Phi) is 6.94. The van der Waals surface area contributed by atoms with Gasteiger partial charge >= 0.3 is 6.09 Å². The molecule has 21 heavy (non-hydrogen) atoms. The van der Waals surface area contributed by atoms with Crippen LogP contribution < -0.4 is 5.32 Å². The molecule has 1 aliphatic rings. The largest absolute Gasteiger partial charge is 0.444 e. The third kappa shape index (κ3) is 6.22. The summed E-state index contributed by atoms with van der Waals surface area (Å²) in [6.07, 6.45) is 3.52. The van der Waals surface area contributed by atoms with Gasteiger partial charge in [-0.05, 0) is 46.5 Å². The first-order valence-electron chi connectivity index (χ1n) is 8.11. The summed E-state index contributed by atoms with van der Waals surface area (Å²) in [7, 11) is 0. The Bertz CT molecular complexity index is 326. The molecule has 0 radical (unpaired) electrons. The zero-order chi connectivity index (χ0) is 16.0. The van der Waals surface area contributed by atoms with E-state index in [0.29, 0.717) is 12.5 Å². The van der Waals surface area contributed by atoms with Crippen molar-refractivity contribution in [3.63, 3.8) is 0 Å². The number of nitrogens with zero attached hydrogens (tertiary/aromatic N) is 1. The van der Waals surface area contributed by atoms with Gasteiger partial charge in [-0.3, -0.25) is 0 Å². The number of ether oxygens (including phenoxy) is 1. The van der Waals surface area contributed by atoms with Gasteiger partial charge in [0.25, 0.3) is 0 Å². The van der Waals surface area contributed by atoms with Gasteiger partial charge < -0.3 is 20.1 Å². The number of aliphatic hydroxyl groups is 1. The molecule has 0 aromatic heterocycles. The van der Waals surface area contributed by atoms with Gasteiger partial charge in [-0.2, -0.15) is 0 Å². The molecule has 124 valence electrons. The smallest absolute Gasteiger partial charge is 0.410 e. The summed E-state index contributed by atoms with van der Waals surface area (Å²) >= 11 is 0. The molecule has 0 spiro atoms. The number of rotatable bonds is 5. The van der Waals surface area contributed by atoms with E-state index in [1.165, 1.54) is 0 Å². The predicted molar refractivity (Wildman–Crippen MR) is 84.3 cm³/mol. The fourth-order valence-corrected chi connectivity index (χ4v) is 2.88. The van der Waals surface area contributed by atoms with Crippen LogP contribution in [0, 0.1) is 0 Å². The number of piperidine rings is 1. The van der Waals surface area contributed by atoms with Gasteiger partial charge in [0.15, 0.2) is 0 Å². The van der Waals surface area contributed by atoms with Gasteiger partial charge in [0.2, 0.25) is 0 Å². The maximum absolute atomic E-state index is 12.4. The lowest BCUT2D eigenvalue weighted by molar-refractivity contribution is 0.00282. The SMILES string of the molecule is CC(C)N[C@H](CCO)[C@@H]1CCCCN1C(=O)OC(C)(C)C. The number of carbonyl (C=O) groups is 1. The first kappa shape index (κ1) is 18.2. The molecule has 0 aliphatic carbocycles. The van der Waals surface area contributed by atoms with Crippen LogP contribution in [-0.2, 0) is 4.74 Å². The number of carbonyl (C=O) groups excluding carboxylic acids is 1. The average molecular weight is 300 g/mol. The molecule has 1 aliphatic heterocycles. The molecule has 0 aromatic carbocycles. The Balaban J connectivity index is 2.80. The molecule has 1 rings (SSSR count). The van der Waals surface area contributed by atoms with Crippen LogP contribution in [0.4, 0.5) is 4.79 Å². The van der Waals surface area contributed by atoms with E-state index < -0.39 is 5.60 Å². The van der Waals surface area contributed by atoms with E-state index in [2.05, 4.69) is 19.2 Å². The Morgan fingerprint density at radius 1 is 1.38 bits per heavy atom. The molecule has 5 nitrogen and oxygen atoms in total. The minimum Gasteiger partial charge on any atom is -0.444 e. The van der Waals surface area contributed by atoms with Crippen molar-refractivity contribution in [2.45, 2.75) is 84.0 Å². The highest BCUT2D eigenvalue weighted by atomic mass is 16.6. The fraction of sp³-hybridized carbons (Fsp3) is 0.938. The van der Waals surface area contributed by atoms with E-state index in [4.69, 9.17) is 4.74 Å². The molecular formula is C16H32N2O3. The topological polar surface area (TPSA) is 61.8 Å². The van der Waals surface area contributed by atoms with E-state index in [9.17, 15) is 9.90 Å². The normalized spacial score (nSPS) is 21.5. The summed E-state index contributed by atoms with van der Waals surface area (Å²) < 4.78 is 5.54. The monoisotopic (exact) mass is 300 g/mol. The minimum absolute atomic E-state index is 0.100. The van der Waals surface area contributed by atoms with Crippen molar-refractivity contribution in [2.75, 3.05) is 13.2 Å². The Hall–Kier alpha value is -0.810. The zero-order valence-electron chi connectivity index (χ0n) is 14.2. The van der Waals surface area contributed by atoms with E-state index in [0.717, 1.165) is 25.8 Å². The Morgan fingerprint density at radius 2 is 2.05 bits per heavy atom. The summed E-state index contributed by atoms with van der Waals surface area (Å²) in [5.41, 5.74) is -0.475. The second kappa shape index (κ2) is 7.99. The molecule has 0 bridgehead atoms. The van der Waals surface area contributed by atoms with Crippen molar-refractivity contribution in [3.05, 3.63) is 0 Å². The molecule has 0 saturated carbocycles. The van der Waals surface area contributed by atoms with Crippen LogP contribution in [0.2, 0.25) is 0 Å². The van der Waals surface area contributed by atoms with E-state index in [1.807, 2.05) is 25.7 Å². The lowest BCUT2D eigenvalue weighted by atomic mass is 9.93. The molecule has 1 fully saturated rings. The lowest BCUT2D eigenvalue weighted by Crippen LogP contribution is -2.56. The number of hydrogen-bond acceptors (Lipinski definition) is 4. The van der Waals surface area contributed by atoms with E-state index in [-0.39, 0.29) is 24.8 Å². The first-order valence-corrected chi connectivity index (χ1v) is 8.11. The van der Waals surface area contributed by atoms with Crippen LogP contribution in [-0.4, -0.2) is 53.0 Å². The number of hydrogen-bond donors (Lipinski definition) is 2. The third-order valence-corrected chi connectivity index (χ3v) is 3.63. The van der Waals surface area contributed by atoms with Crippen LogP contribution >= 0.6 is 0 Å². The average Bonchev–Trinajstić information content (AvgIpc) is 2.35. The van der Waals surface area contributed by atoms with Crippen LogP contribution in [0.3, 0.4) is 0 Å². The zero-order valence-corrected chi connectivity index (χ0v) is 14.2. The minimum atomic E-state index is -0.475. The number of nitrogens with one attached hydrogen (secondary N) is 1. The quantitative estimate of drug-likeness (QED) is 0.819. The highest BCUT2D eigenvalue weighted by Gasteiger charge is 2.35. The molecule has 5 heteroatoms. The van der Waals surface area contributed by atoms with Crippen molar-refractivity contribution in [1.82, 2.24) is 10.2 Å². The van der Waals surface area contributed by atoms with Crippen LogP contribution in [0.5, 0.6) is 0 Å². The first-order chi connectivity index (χ1) is 9.74. The fourth-order valence-electron chi connectivity index (χ4n) is 2.88. The Morgan fingerprint density at radius 3 is 2.57 bits per heavy atom. The van der Waals surface area contributed by atoms with Crippen molar-refractivity contribution < 1.29 is 14.6 Å². The molecule has 1 saturated heterocycles. The Labute approximate surface area is 129 Å². The number of amides is 1. The second-order valence-electron chi connectivity index (χ2n) is 7.18. The van der Waals surface area contributed by atoms with Gasteiger partial charge in [-0.1, -0.05) is 13.8 Å². The third-order valence-electron chi connectivity index (χ3n) is 3.63. The van der Waals surface area contributed by atoms with Gasteiger partial charge in [0.05, 0.1) is 6.04 Å². The van der Waals surface area contributed by atoms with Crippen molar-refractivity contribution in [3.8, 4) is 0 Å². The molecule has 2 atom stereocenters. The number of likely N-dealkylation sites (tertiary alicyclic amines) is 1. The molecule has 0 aromatic rings. The summed E-state index contributed by atoms with van der Waals surface area (Å²) in [5.74, 6) is 0. The molecular weight excluding hydrogens is 268 g/mol. The summed E-state index contributed by atoms with van der Waals surface area (Å²) in [6.45, 7) is 10.7. The summed E-state index contributed by atoms with van der Waals surface area (Å²) in [5, 5.41) is 12.8. The van der Waals surface area contributed by atoms with Crippen molar-refractivity contribution in [1.29, 1.82) is 0 Å². The summed E-state index contributed by atoms with van der Waals surface area (Å²) in [4.78, 5) is 14.3. The van der Waals surface area contributed by atoms with Gasteiger partial charge in [0.1, 0.15) is 5.60 Å².